The molecule has 0 bridgehead atoms. The fourth-order valence-corrected chi connectivity index (χ4v) is 2.20. The van der Waals surface area contributed by atoms with Crippen LogP contribution in [-0.4, -0.2) is 61.0 Å². The van der Waals surface area contributed by atoms with E-state index in [0.717, 1.165) is 32.6 Å². The Bertz CT molecular complexity index is 421. The number of hydrogen-bond acceptors (Lipinski definition) is 5. The molecule has 2 N–H and O–H groups in total. The molecule has 1 aliphatic rings. The molecule has 140 valence electrons. The number of amides is 2. The fraction of sp³-hybridized carbons (Fsp3) is 0.882. The molecule has 1 fully saturated rings. The molecule has 1 heterocycles. The molecule has 0 aliphatic carbocycles. The van der Waals surface area contributed by atoms with Crippen molar-refractivity contribution in [3.63, 3.8) is 0 Å². The van der Waals surface area contributed by atoms with Crippen LogP contribution < -0.4 is 10.6 Å². The first-order chi connectivity index (χ1) is 11.0. The van der Waals surface area contributed by atoms with Crippen molar-refractivity contribution in [3.05, 3.63) is 0 Å². The van der Waals surface area contributed by atoms with Crippen LogP contribution in [0.1, 0.15) is 48.0 Å². The Kier molecular flexibility index (Phi) is 7.32. The molecule has 0 atom stereocenters. The smallest absolute Gasteiger partial charge is 0.410 e. The average molecular weight is 343 g/mol. The Morgan fingerprint density at radius 1 is 1.00 bits per heavy atom. The van der Waals surface area contributed by atoms with Gasteiger partial charge in [-0.3, -0.25) is 0 Å². The Labute approximate surface area is 145 Å². The standard InChI is InChI=1S/C17H33N3O4/c1-16(2,3)23-14(21)19-9-7-8-18-10-13-11-20(12-13)15(22)24-17(4,5)6/h13,18H,7-12H2,1-6H3,(H,19,21). The van der Waals surface area contributed by atoms with Gasteiger partial charge >= 0.3 is 12.2 Å². The fourth-order valence-electron chi connectivity index (χ4n) is 2.20. The van der Waals surface area contributed by atoms with Crippen LogP contribution in [0.25, 0.3) is 0 Å². The lowest BCUT2D eigenvalue weighted by Crippen LogP contribution is -2.54. The molecule has 24 heavy (non-hydrogen) atoms. The third-order valence-corrected chi connectivity index (χ3v) is 3.24. The topological polar surface area (TPSA) is 79.9 Å². The minimum Gasteiger partial charge on any atom is -0.444 e. The number of carbonyl (C=O) groups is 2. The highest BCUT2D eigenvalue weighted by Gasteiger charge is 2.33. The van der Waals surface area contributed by atoms with Gasteiger partial charge in [0, 0.05) is 32.1 Å². The lowest BCUT2D eigenvalue weighted by atomic mass is 10.0. The molecule has 0 aromatic heterocycles. The maximum absolute atomic E-state index is 11.8. The van der Waals surface area contributed by atoms with Crippen LogP contribution in [0.4, 0.5) is 9.59 Å². The molecular formula is C17H33N3O4. The molecule has 1 aliphatic heterocycles. The lowest BCUT2D eigenvalue weighted by molar-refractivity contribution is -0.000733. The van der Waals surface area contributed by atoms with Gasteiger partial charge in [0.25, 0.3) is 0 Å². The Morgan fingerprint density at radius 3 is 2.12 bits per heavy atom. The van der Waals surface area contributed by atoms with Gasteiger partial charge < -0.3 is 25.0 Å². The van der Waals surface area contributed by atoms with Crippen molar-refractivity contribution in [1.29, 1.82) is 0 Å². The van der Waals surface area contributed by atoms with Crippen LogP contribution >= 0.6 is 0 Å². The second-order valence-corrected chi connectivity index (χ2v) is 8.24. The van der Waals surface area contributed by atoms with Crippen molar-refractivity contribution in [2.24, 2.45) is 5.92 Å². The largest absolute Gasteiger partial charge is 0.444 e. The van der Waals surface area contributed by atoms with E-state index in [1.807, 2.05) is 41.5 Å². The van der Waals surface area contributed by atoms with Crippen molar-refractivity contribution in [3.8, 4) is 0 Å². The highest BCUT2D eigenvalue weighted by Crippen LogP contribution is 2.18. The minimum absolute atomic E-state index is 0.236. The summed E-state index contributed by atoms with van der Waals surface area (Å²) in [6.07, 6.45) is 0.219. The van der Waals surface area contributed by atoms with Gasteiger partial charge in [-0.15, -0.1) is 0 Å². The molecule has 0 spiro atoms. The van der Waals surface area contributed by atoms with Crippen molar-refractivity contribution in [2.75, 3.05) is 32.7 Å². The van der Waals surface area contributed by atoms with Gasteiger partial charge in [0.15, 0.2) is 0 Å². The predicted molar refractivity (Wildman–Crippen MR) is 93.0 cm³/mol. The van der Waals surface area contributed by atoms with E-state index >= 15 is 0 Å². The van der Waals surface area contributed by atoms with Gasteiger partial charge in [-0.1, -0.05) is 0 Å². The quantitative estimate of drug-likeness (QED) is 0.724. The van der Waals surface area contributed by atoms with E-state index in [9.17, 15) is 9.59 Å². The number of alkyl carbamates (subject to hydrolysis) is 1. The predicted octanol–water partition coefficient (Wildman–Crippen LogP) is 2.36. The normalized spacial score (nSPS) is 15.7. The first kappa shape index (κ1) is 20.5. The molecule has 1 rings (SSSR count). The van der Waals surface area contributed by atoms with Crippen LogP contribution in [-0.2, 0) is 9.47 Å². The number of nitrogens with one attached hydrogen (secondary N) is 2. The lowest BCUT2D eigenvalue weighted by Gasteiger charge is -2.39. The van der Waals surface area contributed by atoms with Gasteiger partial charge in [-0.2, -0.15) is 0 Å². The molecule has 0 radical (unpaired) electrons. The summed E-state index contributed by atoms with van der Waals surface area (Å²) in [5.41, 5.74) is -0.909. The Balaban J connectivity index is 1.99. The van der Waals surface area contributed by atoms with Crippen molar-refractivity contribution in [2.45, 2.75) is 59.2 Å². The number of hydrogen-bond donors (Lipinski definition) is 2. The zero-order valence-corrected chi connectivity index (χ0v) is 15.9. The monoisotopic (exact) mass is 343 g/mol. The van der Waals surface area contributed by atoms with Crippen LogP contribution in [0.5, 0.6) is 0 Å². The van der Waals surface area contributed by atoms with E-state index in [4.69, 9.17) is 9.47 Å². The zero-order chi connectivity index (χ0) is 18.4. The van der Waals surface area contributed by atoms with Crippen LogP contribution in [0.2, 0.25) is 0 Å². The highest BCUT2D eigenvalue weighted by atomic mass is 16.6. The summed E-state index contributed by atoms with van der Waals surface area (Å²) in [7, 11) is 0. The SMILES string of the molecule is CC(C)(C)OC(=O)NCCCNCC1CN(C(=O)OC(C)(C)C)C1. The van der Waals surface area contributed by atoms with Crippen molar-refractivity contribution in [1.82, 2.24) is 15.5 Å². The second-order valence-electron chi connectivity index (χ2n) is 8.24. The average Bonchev–Trinajstić information content (AvgIpc) is 2.30. The molecule has 0 aromatic rings. The summed E-state index contributed by atoms with van der Waals surface area (Å²) in [6.45, 7) is 14.9. The van der Waals surface area contributed by atoms with E-state index in [1.54, 1.807) is 4.90 Å². The van der Waals surface area contributed by atoms with Crippen LogP contribution in [0.15, 0.2) is 0 Å². The molecule has 0 unspecified atom stereocenters. The van der Waals surface area contributed by atoms with Gasteiger partial charge in [0.1, 0.15) is 11.2 Å². The minimum atomic E-state index is -0.466. The zero-order valence-electron chi connectivity index (χ0n) is 15.9. The van der Waals surface area contributed by atoms with Crippen LogP contribution in [0, 0.1) is 5.92 Å². The van der Waals surface area contributed by atoms with E-state index in [1.165, 1.54) is 0 Å². The number of likely N-dealkylation sites (tertiary alicyclic amines) is 1. The summed E-state index contributed by atoms with van der Waals surface area (Å²) in [6, 6.07) is 0. The molecular weight excluding hydrogens is 310 g/mol. The van der Waals surface area contributed by atoms with Gasteiger partial charge in [0.2, 0.25) is 0 Å². The summed E-state index contributed by atoms with van der Waals surface area (Å²) in [5.74, 6) is 0.469. The molecule has 1 saturated heterocycles. The molecule has 0 aromatic carbocycles. The van der Waals surface area contributed by atoms with E-state index < -0.39 is 11.2 Å². The Hall–Kier alpha value is -1.50. The maximum Gasteiger partial charge on any atom is 0.410 e. The highest BCUT2D eigenvalue weighted by molar-refractivity contribution is 5.69. The van der Waals surface area contributed by atoms with E-state index in [0.29, 0.717) is 12.5 Å². The number of rotatable bonds is 6. The van der Waals surface area contributed by atoms with Crippen molar-refractivity contribution >= 4 is 12.2 Å². The molecule has 2 amide bonds. The van der Waals surface area contributed by atoms with Gasteiger partial charge in [0.05, 0.1) is 0 Å². The summed E-state index contributed by atoms with van der Waals surface area (Å²) in [4.78, 5) is 25.0. The van der Waals surface area contributed by atoms with E-state index in [-0.39, 0.29) is 12.2 Å². The first-order valence-corrected chi connectivity index (χ1v) is 8.62. The summed E-state index contributed by atoms with van der Waals surface area (Å²) in [5, 5.41) is 6.07. The number of nitrogens with zero attached hydrogens (tertiary/aromatic N) is 1. The van der Waals surface area contributed by atoms with Gasteiger partial charge in [-0.25, -0.2) is 9.59 Å². The third kappa shape index (κ3) is 8.96. The van der Waals surface area contributed by atoms with E-state index in [2.05, 4.69) is 10.6 Å². The van der Waals surface area contributed by atoms with Crippen molar-refractivity contribution < 1.29 is 19.1 Å². The Morgan fingerprint density at radius 2 is 1.58 bits per heavy atom. The molecule has 0 saturated carbocycles. The number of carbonyl (C=O) groups excluding carboxylic acids is 2. The molecule has 7 heteroatoms. The number of ether oxygens (including phenoxy) is 2. The van der Waals surface area contributed by atoms with Gasteiger partial charge in [-0.05, 0) is 54.5 Å². The summed E-state index contributed by atoms with van der Waals surface area (Å²) < 4.78 is 10.5. The second kappa shape index (κ2) is 8.55. The summed E-state index contributed by atoms with van der Waals surface area (Å²) >= 11 is 0. The van der Waals surface area contributed by atoms with Crippen LogP contribution in [0.3, 0.4) is 0 Å². The third-order valence-electron chi connectivity index (χ3n) is 3.24. The molecule has 7 nitrogen and oxygen atoms in total. The first-order valence-electron chi connectivity index (χ1n) is 8.62. The maximum atomic E-state index is 11.8.